The van der Waals surface area contributed by atoms with Crippen LogP contribution in [0.4, 0.5) is 4.39 Å². The van der Waals surface area contributed by atoms with Gasteiger partial charge in [0.15, 0.2) is 0 Å². The minimum absolute atomic E-state index is 0.0910. The first-order chi connectivity index (χ1) is 10.5. The molecule has 22 heavy (non-hydrogen) atoms. The molecule has 0 saturated heterocycles. The van der Waals surface area contributed by atoms with E-state index in [0.717, 1.165) is 22.4 Å². The van der Waals surface area contributed by atoms with E-state index in [0.29, 0.717) is 5.56 Å². The minimum Gasteiger partial charge on any atom is -0.268 e. The van der Waals surface area contributed by atoms with Gasteiger partial charge in [-0.25, -0.2) is 9.07 Å². The van der Waals surface area contributed by atoms with Crippen molar-refractivity contribution in [2.45, 2.75) is 6.92 Å². The van der Waals surface area contributed by atoms with Crippen molar-refractivity contribution in [1.82, 2.24) is 9.78 Å². The lowest BCUT2D eigenvalue weighted by Gasteiger charge is -2.07. The van der Waals surface area contributed by atoms with Crippen LogP contribution in [0.1, 0.15) is 5.56 Å². The zero-order chi connectivity index (χ0) is 15.7. The molecule has 2 aromatic carbocycles. The second-order valence-corrected chi connectivity index (χ2v) is 5.23. The van der Waals surface area contributed by atoms with Crippen molar-refractivity contribution >= 4 is 0 Å². The highest BCUT2D eigenvalue weighted by Crippen LogP contribution is 2.23. The summed E-state index contributed by atoms with van der Waals surface area (Å²) in [6.07, 6.45) is 0. The number of aromatic nitrogens is 2. The third kappa shape index (κ3) is 2.68. The second-order valence-electron chi connectivity index (χ2n) is 5.23. The number of rotatable bonds is 2. The molecule has 3 rings (SSSR count). The predicted molar refractivity (Wildman–Crippen MR) is 85.0 cm³/mol. The predicted octanol–water partition coefficient (Wildman–Crippen LogP) is 3.56. The monoisotopic (exact) mass is 294 g/mol. The van der Waals surface area contributed by atoms with Gasteiger partial charge in [-0.05, 0) is 36.2 Å². The van der Waals surface area contributed by atoms with Gasteiger partial charge in [0.25, 0.3) is 5.56 Å². The number of hydrogen-bond donors (Lipinski definition) is 0. The summed E-state index contributed by atoms with van der Waals surface area (Å²) in [6, 6.07) is 16.0. The number of benzene rings is 2. The molecule has 0 fully saturated rings. The minimum atomic E-state index is -0.245. The molecular formula is C18H15FN2O. The van der Waals surface area contributed by atoms with Gasteiger partial charge in [0.1, 0.15) is 5.82 Å². The molecule has 0 radical (unpaired) electrons. The Hall–Kier alpha value is -2.75. The lowest BCUT2D eigenvalue weighted by Crippen LogP contribution is -2.21. The van der Waals surface area contributed by atoms with E-state index in [1.54, 1.807) is 32.2 Å². The molecule has 0 N–H and O–H groups in total. The lowest BCUT2D eigenvalue weighted by molar-refractivity contribution is 0.628. The summed E-state index contributed by atoms with van der Waals surface area (Å²) in [7, 11) is 1.64. The number of hydrogen-bond acceptors (Lipinski definition) is 2. The van der Waals surface area contributed by atoms with Crippen molar-refractivity contribution in [2.75, 3.05) is 0 Å². The Morgan fingerprint density at radius 2 is 1.41 bits per heavy atom. The fourth-order valence-corrected chi connectivity index (χ4v) is 2.37. The van der Waals surface area contributed by atoms with E-state index in [1.807, 2.05) is 24.3 Å². The van der Waals surface area contributed by atoms with Crippen molar-refractivity contribution < 1.29 is 4.39 Å². The highest BCUT2D eigenvalue weighted by atomic mass is 19.1. The van der Waals surface area contributed by atoms with Gasteiger partial charge in [0.2, 0.25) is 0 Å². The van der Waals surface area contributed by atoms with Crippen LogP contribution in [-0.2, 0) is 7.05 Å². The maximum atomic E-state index is 13.0. The standard InChI is InChI=1S/C18H15FN2O/c1-12-11-17(20-21(2)18(12)22)15-5-3-13(4-6-15)14-7-9-16(19)10-8-14/h3-11H,1-2H3. The van der Waals surface area contributed by atoms with Crippen molar-refractivity contribution in [2.24, 2.45) is 7.05 Å². The van der Waals surface area contributed by atoms with E-state index in [9.17, 15) is 9.18 Å². The molecule has 0 aliphatic rings. The van der Waals surface area contributed by atoms with Crippen molar-refractivity contribution in [3.63, 3.8) is 0 Å². The maximum Gasteiger partial charge on any atom is 0.269 e. The van der Waals surface area contributed by atoms with Crippen LogP contribution in [0.25, 0.3) is 22.4 Å². The van der Waals surface area contributed by atoms with Gasteiger partial charge in [0, 0.05) is 18.2 Å². The van der Waals surface area contributed by atoms with Crippen molar-refractivity contribution in [3.05, 3.63) is 76.3 Å². The van der Waals surface area contributed by atoms with Crippen LogP contribution < -0.4 is 5.56 Å². The first kappa shape index (κ1) is 14.2. The molecule has 4 heteroatoms. The molecule has 0 saturated carbocycles. The molecule has 110 valence electrons. The molecule has 3 nitrogen and oxygen atoms in total. The molecule has 0 aliphatic heterocycles. The fourth-order valence-electron chi connectivity index (χ4n) is 2.37. The number of aryl methyl sites for hydroxylation is 2. The van der Waals surface area contributed by atoms with Crippen molar-refractivity contribution in [1.29, 1.82) is 0 Å². The molecule has 0 amide bonds. The molecule has 1 heterocycles. The van der Waals surface area contributed by atoms with Gasteiger partial charge in [-0.2, -0.15) is 5.10 Å². The summed E-state index contributed by atoms with van der Waals surface area (Å²) in [4.78, 5) is 11.7. The Morgan fingerprint density at radius 3 is 1.95 bits per heavy atom. The van der Waals surface area contributed by atoms with Crippen LogP contribution in [0, 0.1) is 12.7 Å². The largest absolute Gasteiger partial charge is 0.269 e. The molecule has 0 unspecified atom stereocenters. The summed E-state index contributed by atoms with van der Waals surface area (Å²) in [5, 5.41) is 4.27. The van der Waals surface area contributed by atoms with Crippen LogP contribution in [0.3, 0.4) is 0 Å². The van der Waals surface area contributed by atoms with Gasteiger partial charge in [-0.15, -0.1) is 0 Å². The Bertz CT molecular complexity index is 839. The van der Waals surface area contributed by atoms with Gasteiger partial charge >= 0.3 is 0 Å². The van der Waals surface area contributed by atoms with Crippen molar-refractivity contribution in [3.8, 4) is 22.4 Å². The summed E-state index contributed by atoms with van der Waals surface area (Å²) in [5.41, 5.74) is 4.22. The number of nitrogens with zero attached hydrogens (tertiary/aromatic N) is 2. The average Bonchev–Trinajstić information content (AvgIpc) is 2.53. The van der Waals surface area contributed by atoms with Gasteiger partial charge < -0.3 is 0 Å². The van der Waals surface area contributed by atoms with E-state index in [2.05, 4.69) is 5.10 Å². The maximum absolute atomic E-state index is 13.0. The van der Waals surface area contributed by atoms with Gasteiger partial charge in [0.05, 0.1) is 5.69 Å². The molecule has 1 aromatic heterocycles. The highest BCUT2D eigenvalue weighted by molar-refractivity contribution is 5.68. The van der Waals surface area contributed by atoms with E-state index < -0.39 is 0 Å². The van der Waals surface area contributed by atoms with Gasteiger partial charge in [-0.3, -0.25) is 4.79 Å². The summed E-state index contributed by atoms with van der Waals surface area (Å²) in [6.45, 7) is 1.78. The van der Waals surface area contributed by atoms with Crippen LogP contribution in [0.5, 0.6) is 0 Å². The number of halogens is 1. The summed E-state index contributed by atoms with van der Waals surface area (Å²) in [5.74, 6) is -0.245. The molecule has 0 atom stereocenters. The summed E-state index contributed by atoms with van der Waals surface area (Å²) >= 11 is 0. The molecule has 0 aliphatic carbocycles. The Labute approximate surface area is 127 Å². The normalized spacial score (nSPS) is 10.7. The zero-order valence-electron chi connectivity index (χ0n) is 12.4. The topological polar surface area (TPSA) is 34.9 Å². The molecule has 0 spiro atoms. The Kier molecular flexibility index (Phi) is 3.59. The first-order valence-corrected chi connectivity index (χ1v) is 6.96. The summed E-state index contributed by atoms with van der Waals surface area (Å²) < 4.78 is 14.3. The SMILES string of the molecule is Cc1cc(-c2ccc(-c3ccc(F)cc3)cc2)nn(C)c1=O. The van der Waals surface area contributed by atoms with E-state index in [4.69, 9.17) is 0 Å². The molecule has 0 bridgehead atoms. The van der Waals surface area contributed by atoms with Crippen LogP contribution in [0.15, 0.2) is 59.4 Å². The van der Waals surface area contributed by atoms with Crippen LogP contribution >= 0.6 is 0 Å². The van der Waals surface area contributed by atoms with Crippen LogP contribution in [-0.4, -0.2) is 9.78 Å². The average molecular weight is 294 g/mol. The lowest BCUT2D eigenvalue weighted by atomic mass is 10.0. The fraction of sp³-hybridized carbons (Fsp3) is 0.111. The molecular weight excluding hydrogens is 279 g/mol. The zero-order valence-corrected chi connectivity index (χ0v) is 12.4. The smallest absolute Gasteiger partial charge is 0.268 e. The quantitative estimate of drug-likeness (QED) is 0.724. The van der Waals surface area contributed by atoms with Crippen LogP contribution in [0.2, 0.25) is 0 Å². The second kappa shape index (κ2) is 5.56. The van der Waals surface area contributed by atoms with Gasteiger partial charge in [-0.1, -0.05) is 36.4 Å². The van der Waals surface area contributed by atoms with E-state index in [1.165, 1.54) is 16.8 Å². The Balaban J connectivity index is 1.98. The first-order valence-electron chi connectivity index (χ1n) is 6.96. The van der Waals surface area contributed by atoms with E-state index in [-0.39, 0.29) is 11.4 Å². The Morgan fingerprint density at radius 1 is 0.909 bits per heavy atom. The van der Waals surface area contributed by atoms with E-state index >= 15 is 0 Å². The highest BCUT2D eigenvalue weighted by Gasteiger charge is 2.05. The molecule has 3 aromatic rings. The third-order valence-electron chi connectivity index (χ3n) is 3.60. The third-order valence-corrected chi connectivity index (χ3v) is 3.60.